The van der Waals surface area contributed by atoms with E-state index in [-0.39, 0.29) is 0 Å². The van der Waals surface area contributed by atoms with Gasteiger partial charge in [0.2, 0.25) is 0 Å². The van der Waals surface area contributed by atoms with Gasteiger partial charge in [-0.1, -0.05) is 27.7 Å². The summed E-state index contributed by atoms with van der Waals surface area (Å²) in [4.78, 5) is 8.11. The number of anilines is 2. The molecular formula is C11H20N4. The van der Waals surface area contributed by atoms with Gasteiger partial charge in [0.25, 0.3) is 0 Å². The summed E-state index contributed by atoms with van der Waals surface area (Å²) < 4.78 is 0. The van der Waals surface area contributed by atoms with Crippen LogP contribution in [0.15, 0.2) is 12.4 Å². The van der Waals surface area contributed by atoms with Crippen molar-refractivity contribution in [1.29, 1.82) is 0 Å². The normalized spacial score (nSPS) is 13.6. The molecule has 15 heavy (non-hydrogen) atoms. The zero-order valence-corrected chi connectivity index (χ0v) is 9.91. The van der Waals surface area contributed by atoms with Gasteiger partial charge in [0.15, 0.2) is 0 Å². The molecule has 3 N–H and O–H groups in total. The van der Waals surface area contributed by atoms with E-state index >= 15 is 0 Å². The fourth-order valence-electron chi connectivity index (χ4n) is 1.03. The predicted molar refractivity (Wildman–Crippen MR) is 63.6 cm³/mol. The zero-order valence-electron chi connectivity index (χ0n) is 9.91. The van der Waals surface area contributed by atoms with Crippen LogP contribution in [-0.2, 0) is 0 Å². The Bertz CT molecular complexity index is 317. The average molecular weight is 208 g/mol. The average Bonchev–Trinajstić information content (AvgIpc) is 2.12. The first kappa shape index (κ1) is 11.8. The molecule has 0 aliphatic carbocycles. The van der Waals surface area contributed by atoms with Crippen molar-refractivity contribution in [2.75, 3.05) is 17.6 Å². The minimum Gasteiger partial charge on any atom is -0.382 e. The standard InChI is InChI=1S/C11H20N4/c1-8(11(2,3)4)5-14-10-7-13-6-9(12)15-10/h6-8H,5H2,1-4H3,(H3,12,14,15). The van der Waals surface area contributed by atoms with Crippen molar-refractivity contribution in [3.63, 3.8) is 0 Å². The highest BCUT2D eigenvalue weighted by Crippen LogP contribution is 2.25. The summed E-state index contributed by atoms with van der Waals surface area (Å²) >= 11 is 0. The van der Waals surface area contributed by atoms with Crippen LogP contribution in [0.1, 0.15) is 27.7 Å². The Morgan fingerprint density at radius 1 is 1.40 bits per heavy atom. The SMILES string of the molecule is CC(CNc1cncc(N)n1)C(C)(C)C. The molecule has 1 aromatic heterocycles. The number of rotatable bonds is 3. The molecule has 0 aliphatic rings. The quantitative estimate of drug-likeness (QED) is 0.799. The Morgan fingerprint density at radius 3 is 2.60 bits per heavy atom. The summed E-state index contributed by atoms with van der Waals surface area (Å²) in [6.45, 7) is 9.77. The van der Waals surface area contributed by atoms with Crippen molar-refractivity contribution in [2.45, 2.75) is 27.7 Å². The van der Waals surface area contributed by atoms with Crippen molar-refractivity contribution in [1.82, 2.24) is 9.97 Å². The summed E-state index contributed by atoms with van der Waals surface area (Å²) in [5.41, 5.74) is 5.83. The highest BCUT2D eigenvalue weighted by atomic mass is 15.0. The summed E-state index contributed by atoms with van der Waals surface area (Å²) in [5.74, 6) is 1.75. The fraction of sp³-hybridized carbons (Fsp3) is 0.636. The summed E-state index contributed by atoms with van der Waals surface area (Å²) in [6, 6.07) is 0. The van der Waals surface area contributed by atoms with Crippen molar-refractivity contribution in [3.05, 3.63) is 12.4 Å². The van der Waals surface area contributed by atoms with Crippen molar-refractivity contribution in [2.24, 2.45) is 11.3 Å². The van der Waals surface area contributed by atoms with Gasteiger partial charge in [-0.05, 0) is 11.3 Å². The van der Waals surface area contributed by atoms with E-state index in [1.165, 1.54) is 0 Å². The van der Waals surface area contributed by atoms with Crippen molar-refractivity contribution >= 4 is 11.6 Å². The predicted octanol–water partition coefficient (Wildman–Crippen LogP) is 2.15. The third kappa shape index (κ3) is 3.73. The van der Waals surface area contributed by atoms with E-state index in [1.54, 1.807) is 12.4 Å². The van der Waals surface area contributed by atoms with Crippen LogP contribution in [0.2, 0.25) is 0 Å². The Morgan fingerprint density at radius 2 is 2.07 bits per heavy atom. The molecule has 0 bridgehead atoms. The minimum absolute atomic E-state index is 0.292. The molecule has 0 amide bonds. The molecule has 1 aromatic rings. The zero-order chi connectivity index (χ0) is 11.5. The Balaban J connectivity index is 2.51. The Hall–Kier alpha value is -1.32. The van der Waals surface area contributed by atoms with E-state index < -0.39 is 0 Å². The molecule has 0 aliphatic heterocycles. The van der Waals surface area contributed by atoms with Gasteiger partial charge in [0, 0.05) is 6.54 Å². The molecular weight excluding hydrogens is 188 g/mol. The topological polar surface area (TPSA) is 63.8 Å². The Kier molecular flexibility index (Phi) is 3.50. The van der Waals surface area contributed by atoms with E-state index in [4.69, 9.17) is 5.73 Å². The van der Waals surface area contributed by atoms with Gasteiger partial charge >= 0.3 is 0 Å². The lowest BCUT2D eigenvalue weighted by Gasteiger charge is -2.27. The van der Waals surface area contributed by atoms with Crippen LogP contribution in [0.3, 0.4) is 0 Å². The molecule has 0 fully saturated rings. The number of hydrogen-bond donors (Lipinski definition) is 2. The van der Waals surface area contributed by atoms with Gasteiger partial charge in [-0.25, -0.2) is 4.98 Å². The van der Waals surface area contributed by atoms with E-state index in [1.807, 2.05) is 0 Å². The monoisotopic (exact) mass is 208 g/mol. The van der Waals surface area contributed by atoms with Gasteiger partial charge < -0.3 is 11.1 Å². The lowest BCUT2D eigenvalue weighted by molar-refractivity contribution is 0.274. The number of nitrogens with two attached hydrogens (primary N) is 1. The largest absolute Gasteiger partial charge is 0.382 e. The molecule has 0 spiro atoms. The molecule has 0 saturated carbocycles. The molecule has 1 rings (SSSR count). The van der Waals surface area contributed by atoms with E-state index in [9.17, 15) is 0 Å². The summed E-state index contributed by atoms with van der Waals surface area (Å²) in [7, 11) is 0. The summed E-state index contributed by atoms with van der Waals surface area (Å²) in [5, 5.41) is 3.24. The fourth-order valence-corrected chi connectivity index (χ4v) is 1.03. The first-order chi connectivity index (χ1) is 6.89. The van der Waals surface area contributed by atoms with Crippen LogP contribution in [0.4, 0.5) is 11.6 Å². The third-order valence-corrected chi connectivity index (χ3v) is 2.72. The molecule has 0 aromatic carbocycles. The second-order valence-electron chi connectivity index (χ2n) is 4.98. The van der Waals surface area contributed by atoms with Gasteiger partial charge in [0.05, 0.1) is 12.4 Å². The molecule has 1 atom stereocenters. The van der Waals surface area contributed by atoms with Crippen LogP contribution in [0.25, 0.3) is 0 Å². The first-order valence-corrected chi connectivity index (χ1v) is 5.21. The smallest absolute Gasteiger partial charge is 0.146 e. The molecule has 1 heterocycles. The molecule has 84 valence electrons. The van der Waals surface area contributed by atoms with Gasteiger partial charge in [-0.2, -0.15) is 0 Å². The van der Waals surface area contributed by atoms with Crippen LogP contribution >= 0.6 is 0 Å². The number of aromatic nitrogens is 2. The number of nitrogens with zero attached hydrogens (tertiary/aromatic N) is 2. The molecule has 4 nitrogen and oxygen atoms in total. The van der Waals surface area contributed by atoms with Gasteiger partial charge in [-0.3, -0.25) is 4.98 Å². The highest BCUT2D eigenvalue weighted by molar-refractivity contribution is 5.38. The second kappa shape index (κ2) is 4.47. The van der Waals surface area contributed by atoms with Crippen molar-refractivity contribution in [3.8, 4) is 0 Å². The Labute approximate surface area is 91.3 Å². The van der Waals surface area contributed by atoms with Gasteiger partial charge in [-0.15, -0.1) is 0 Å². The number of nitrogens with one attached hydrogen (secondary N) is 1. The van der Waals surface area contributed by atoms with Crippen LogP contribution in [0.5, 0.6) is 0 Å². The molecule has 0 radical (unpaired) electrons. The molecule has 1 unspecified atom stereocenters. The molecule has 4 heteroatoms. The highest BCUT2D eigenvalue weighted by Gasteiger charge is 2.19. The number of nitrogen functional groups attached to an aromatic ring is 1. The second-order valence-corrected chi connectivity index (χ2v) is 4.98. The maximum atomic E-state index is 5.54. The van der Waals surface area contributed by atoms with E-state index in [0.29, 0.717) is 17.2 Å². The van der Waals surface area contributed by atoms with E-state index in [2.05, 4.69) is 43.0 Å². The summed E-state index contributed by atoms with van der Waals surface area (Å²) in [6.07, 6.45) is 3.23. The lowest BCUT2D eigenvalue weighted by atomic mass is 9.82. The van der Waals surface area contributed by atoms with Gasteiger partial charge in [0.1, 0.15) is 11.6 Å². The van der Waals surface area contributed by atoms with Crippen LogP contribution < -0.4 is 11.1 Å². The van der Waals surface area contributed by atoms with Crippen LogP contribution in [0, 0.1) is 11.3 Å². The lowest BCUT2D eigenvalue weighted by Crippen LogP contribution is -2.25. The van der Waals surface area contributed by atoms with Crippen molar-refractivity contribution < 1.29 is 0 Å². The first-order valence-electron chi connectivity index (χ1n) is 5.21. The number of hydrogen-bond acceptors (Lipinski definition) is 4. The minimum atomic E-state index is 0.292. The molecule has 0 saturated heterocycles. The maximum absolute atomic E-state index is 5.54. The van der Waals surface area contributed by atoms with Crippen LogP contribution in [-0.4, -0.2) is 16.5 Å². The third-order valence-electron chi connectivity index (χ3n) is 2.72. The maximum Gasteiger partial charge on any atom is 0.146 e. The van der Waals surface area contributed by atoms with E-state index in [0.717, 1.165) is 12.4 Å².